The van der Waals surface area contributed by atoms with Crippen LogP contribution in [-0.2, 0) is 29.4 Å². The molecule has 5 rings (SSSR count). The van der Waals surface area contributed by atoms with E-state index in [4.69, 9.17) is 11.6 Å². The average molecular weight is 634 g/mol. The van der Waals surface area contributed by atoms with E-state index in [0.29, 0.717) is 24.4 Å². The van der Waals surface area contributed by atoms with Crippen LogP contribution in [0.1, 0.15) is 71.1 Å². The lowest BCUT2D eigenvalue weighted by Crippen LogP contribution is -2.58. The summed E-state index contributed by atoms with van der Waals surface area (Å²) in [7, 11) is -4.32. The SMILES string of the molecule is CC[C@@H]1C[C@H]2C(=O)N[C@]3(C(=O)NS(=O)(=O)Nc4ccc(Cl)cc4)C[C@H]3C=CCCCCC[C@H](NC(=O)C3CC3)C(=O)N2C1. The largest absolute Gasteiger partial charge is 0.344 e. The van der Waals surface area contributed by atoms with Crippen molar-refractivity contribution in [3.8, 4) is 0 Å². The van der Waals surface area contributed by atoms with E-state index in [1.807, 2.05) is 19.1 Å². The van der Waals surface area contributed by atoms with Gasteiger partial charge < -0.3 is 15.5 Å². The van der Waals surface area contributed by atoms with E-state index in [2.05, 4.69) is 20.1 Å². The van der Waals surface area contributed by atoms with Crippen LogP contribution in [0.25, 0.3) is 0 Å². The summed E-state index contributed by atoms with van der Waals surface area (Å²) >= 11 is 5.88. The number of benzene rings is 1. The van der Waals surface area contributed by atoms with E-state index in [1.54, 1.807) is 4.90 Å². The topological polar surface area (TPSA) is 154 Å². The summed E-state index contributed by atoms with van der Waals surface area (Å²) in [4.78, 5) is 55.5. The second-order valence-corrected chi connectivity index (χ2v) is 14.1. The van der Waals surface area contributed by atoms with Crippen molar-refractivity contribution in [3.05, 3.63) is 41.4 Å². The van der Waals surface area contributed by atoms with Gasteiger partial charge in [0.05, 0.1) is 5.69 Å². The number of carbonyl (C=O) groups excluding carboxylic acids is 4. The number of rotatable bonds is 7. The molecule has 0 aromatic heterocycles. The van der Waals surface area contributed by atoms with E-state index in [1.165, 1.54) is 24.3 Å². The minimum Gasteiger partial charge on any atom is -0.344 e. The lowest BCUT2D eigenvalue weighted by Gasteiger charge is -2.30. The van der Waals surface area contributed by atoms with Crippen LogP contribution in [0.15, 0.2) is 36.4 Å². The average Bonchev–Trinajstić information content (AvgIpc) is 3.88. The lowest BCUT2D eigenvalue weighted by atomic mass is 10.0. The molecule has 43 heavy (non-hydrogen) atoms. The van der Waals surface area contributed by atoms with Crippen molar-refractivity contribution in [2.45, 2.75) is 88.8 Å². The standard InChI is InChI=1S/C30H40ClN5O6S/c1-2-19-16-25-27(38)33-30(29(40)35-43(41,42)34-23-14-12-22(31)13-15-23)17-21(30)8-6-4-3-5-7-9-24(28(39)36(25)18-19)32-26(37)20-10-11-20/h6,8,12-15,19-21,24-25,34H,2-5,7,9-11,16-18H2,1H3,(H,32,37)(H,33,38)(H,35,40)/t19-,21-,24+,25+,30-/m1/s1. The van der Waals surface area contributed by atoms with E-state index < -0.39 is 45.6 Å². The van der Waals surface area contributed by atoms with Crippen molar-refractivity contribution in [1.29, 1.82) is 0 Å². The summed E-state index contributed by atoms with van der Waals surface area (Å²) < 4.78 is 30.1. The van der Waals surface area contributed by atoms with Gasteiger partial charge in [-0.3, -0.25) is 23.9 Å². The molecule has 2 aliphatic carbocycles. The van der Waals surface area contributed by atoms with Crippen LogP contribution in [0.2, 0.25) is 5.02 Å². The zero-order chi connectivity index (χ0) is 30.8. The van der Waals surface area contributed by atoms with Crippen LogP contribution >= 0.6 is 11.6 Å². The molecule has 0 unspecified atom stereocenters. The van der Waals surface area contributed by atoms with Crippen LogP contribution in [0.5, 0.6) is 0 Å². The van der Waals surface area contributed by atoms with Crippen molar-refractivity contribution in [2.75, 3.05) is 11.3 Å². The summed E-state index contributed by atoms with van der Waals surface area (Å²) in [6, 6.07) is 4.42. The van der Waals surface area contributed by atoms with E-state index in [-0.39, 0.29) is 35.8 Å². The molecule has 4 aliphatic rings. The summed E-state index contributed by atoms with van der Waals surface area (Å²) in [6.07, 6.45) is 10.6. The van der Waals surface area contributed by atoms with Crippen LogP contribution < -0.4 is 20.1 Å². The van der Waals surface area contributed by atoms with Crippen LogP contribution in [0.4, 0.5) is 5.69 Å². The number of anilines is 1. The van der Waals surface area contributed by atoms with E-state index >= 15 is 0 Å². The Bertz CT molecular complexity index is 1380. The predicted molar refractivity (Wildman–Crippen MR) is 162 cm³/mol. The molecule has 11 nitrogen and oxygen atoms in total. The molecule has 4 N–H and O–H groups in total. The minimum atomic E-state index is -4.32. The number of carbonyl (C=O) groups is 4. The highest BCUT2D eigenvalue weighted by Gasteiger charge is 2.61. The summed E-state index contributed by atoms with van der Waals surface area (Å²) in [5, 5.41) is 6.24. The van der Waals surface area contributed by atoms with Crippen molar-refractivity contribution in [3.63, 3.8) is 0 Å². The number of fused-ring (bicyclic) bond motifs is 2. The molecule has 2 heterocycles. The van der Waals surface area contributed by atoms with Crippen molar-refractivity contribution < 1.29 is 27.6 Å². The number of nitrogens with zero attached hydrogens (tertiary/aromatic N) is 1. The Kier molecular flexibility index (Phi) is 9.36. The molecule has 3 fully saturated rings. The molecule has 13 heteroatoms. The van der Waals surface area contributed by atoms with Gasteiger partial charge in [0.1, 0.15) is 17.6 Å². The Hall–Kier alpha value is -3.12. The molecule has 2 aliphatic heterocycles. The first-order valence-corrected chi connectivity index (χ1v) is 17.1. The van der Waals surface area contributed by atoms with Crippen molar-refractivity contribution in [2.24, 2.45) is 17.8 Å². The first-order valence-electron chi connectivity index (χ1n) is 15.2. The number of amides is 4. The van der Waals surface area contributed by atoms with Gasteiger partial charge >= 0.3 is 10.2 Å². The van der Waals surface area contributed by atoms with Gasteiger partial charge in [0.25, 0.3) is 5.91 Å². The Morgan fingerprint density at radius 3 is 2.53 bits per heavy atom. The van der Waals surface area contributed by atoms with E-state index in [0.717, 1.165) is 44.9 Å². The van der Waals surface area contributed by atoms with Gasteiger partial charge in [-0.05, 0) is 75.1 Å². The minimum absolute atomic E-state index is 0.0498. The smallest absolute Gasteiger partial charge is 0.323 e. The summed E-state index contributed by atoms with van der Waals surface area (Å²) in [6.45, 7) is 2.38. The maximum atomic E-state index is 13.9. The van der Waals surface area contributed by atoms with Gasteiger partial charge in [-0.15, -0.1) is 0 Å². The lowest BCUT2D eigenvalue weighted by molar-refractivity contribution is -0.142. The van der Waals surface area contributed by atoms with Crippen LogP contribution in [0, 0.1) is 17.8 Å². The Balaban J connectivity index is 1.37. The first-order chi connectivity index (χ1) is 20.5. The Morgan fingerprint density at radius 2 is 1.84 bits per heavy atom. The molecular formula is C30H40ClN5O6S. The van der Waals surface area contributed by atoms with Crippen molar-refractivity contribution in [1.82, 2.24) is 20.3 Å². The first kappa shape index (κ1) is 31.3. The zero-order valence-electron chi connectivity index (χ0n) is 24.3. The number of nitrogens with one attached hydrogen (secondary N) is 4. The van der Waals surface area contributed by atoms with E-state index in [9.17, 15) is 27.6 Å². The second-order valence-electron chi connectivity index (χ2n) is 12.2. The normalized spacial score (nSPS) is 29.8. The van der Waals surface area contributed by atoms with Crippen LogP contribution in [0.3, 0.4) is 0 Å². The van der Waals surface area contributed by atoms with Gasteiger partial charge in [-0.25, -0.2) is 4.72 Å². The molecule has 0 spiro atoms. The fraction of sp³-hybridized carbons (Fsp3) is 0.600. The van der Waals surface area contributed by atoms with Crippen molar-refractivity contribution >= 4 is 51.1 Å². The van der Waals surface area contributed by atoms with Gasteiger partial charge in [0.15, 0.2) is 0 Å². The molecule has 0 bridgehead atoms. The molecule has 0 radical (unpaired) electrons. The molecule has 2 saturated carbocycles. The van der Waals surface area contributed by atoms with Gasteiger partial charge in [0.2, 0.25) is 17.7 Å². The third-order valence-electron chi connectivity index (χ3n) is 8.94. The quantitative estimate of drug-likeness (QED) is 0.339. The number of halogens is 1. The highest BCUT2D eigenvalue weighted by molar-refractivity contribution is 7.91. The molecule has 5 atom stereocenters. The molecule has 4 amide bonds. The Morgan fingerprint density at radius 1 is 1.09 bits per heavy atom. The highest BCUT2D eigenvalue weighted by Crippen LogP contribution is 2.46. The third-order valence-corrected chi connectivity index (χ3v) is 10.1. The third kappa shape index (κ3) is 7.52. The maximum absolute atomic E-state index is 13.9. The number of allylic oxidation sites excluding steroid dienone is 1. The summed E-state index contributed by atoms with van der Waals surface area (Å²) in [5.41, 5.74) is -1.25. The molecular weight excluding hydrogens is 594 g/mol. The fourth-order valence-electron chi connectivity index (χ4n) is 6.05. The number of hydrogen-bond acceptors (Lipinski definition) is 6. The molecule has 1 aromatic carbocycles. The maximum Gasteiger partial charge on any atom is 0.323 e. The number of hydrogen-bond donors (Lipinski definition) is 4. The highest BCUT2D eigenvalue weighted by atomic mass is 35.5. The van der Waals surface area contributed by atoms with Gasteiger partial charge in [0, 0.05) is 23.4 Å². The molecule has 1 saturated heterocycles. The fourth-order valence-corrected chi connectivity index (χ4v) is 7.10. The van der Waals surface area contributed by atoms with Gasteiger partial charge in [-0.2, -0.15) is 8.42 Å². The molecule has 1 aromatic rings. The predicted octanol–water partition coefficient (Wildman–Crippen LogP) is 3.03. The van der Waals surface area contributed by atoms with Gasteiger partial charge in [-0.1, -0.05) is 49.9 Å². The van der Waals surface area contributed by atoms with Crippen LogP contribution in [-0.4, -0.2) is 61.1 Å². The second kappa shape index (κ2) is 12.9. The monoisotopic (exact) mass is 633 g/mol. The zero-order valence-corrected chi connectivity index (χ0v) is 25.9. The Labute approximate surface area is 257 Å². The summed E-state index contributed by atoms with van der Waals surface area (Å²) in [5.74, 6) is -2.10. The molecule has 234 valence electrons.